The zero-order valence-corrected chi connectivity index (χ0v) is 11.7. The van der Waals surface area contributed by atoms with Crippen LogP contribution in [0, 0.1) is 5.92 Å². The number of benzene rings is 1. The van der Waals surface area contributed by atoms with Crippen LogP contribution in [0.25, 0.3) is 0 Å². The van der Waals surface area contributed by atoms with E-state index in [4.69, 9.17) is 15.2 Å². The van der Waals surface area contributed by atoms with E-state index in [2.05, 4.69) is 18.7 Å². The molecule has 19 heavy (non-hydrogen) atoms. The molecule has 4 heteroatoms. The molecule has 1 saturated carbocycles. The quantitative estimate of drug-likeness (QED) is 0.847. The molecule has 1 aliphatic carbocycles. The van der Waals surface area contributed by atoms with Crippen molar-refractivity contribution in [2.45, 2.75) is 32.7 Å². The largest absolute Gasteiger partial charge is 0.486 e. The van der Waals surface area contributed by atoms with Crippen LogP contribution < -0.4 is 20.1 Å². The number of nitrogens with zero attached hydrogens (tertiary/aromatic N) is 1. The molecule has 1 heterocycles. The predicted molar refractivity (Wildman–Crippen MR) is 77.1 cm³/mol. The molecule has 104 valence electrons. The first-order valence-corrected chi connectivity index (χ1v) is 7.11. The van der Waals surface area contributed by atoms with Gasteiger partial charge in [-0.3, -0.25) is 0 Å². The minimum atomic E-state index is 0.436. The fraction of sp³-hybridized carbons (Fsp3) is 0.600. The molecule has 0 aromatic heterocycles. The van der Waals surface area contributed by atoms with Gasteiger partial charge in [-0.25, -0.2) is 0 Å². The van der Waals surface area contributed by atoms with Crippen molar-refractivity contribution in [3.8, 4) is 11.5 Å². The smallest absolute Gasteiger partial charge is 0.163 e. The summed E-state index contributed by atoms with van der Waals surface area (Å²) in [5, 5.41) is 0. The van der Waals surface area contributed by atoms with E-state index in [9.17, 15) is 0 Å². The minimum absolute atomic E-state index is 0.436. The van der Waals surface area contributed by atoms with E-state index in [1.807, 2.05) is 12.1 Å². The van der Waals surface area contributed by atoms with E-state index in [1.165, 1.54) is 12.8 Å². The molecule has 0 spiro atoms. The highest BCUT2D eigenvalue weighted by Crippen LogP contribution is 2.41. The number of hydrogen-bond donors (Lipinski definition) is 1. The van der Waals surface area contributed by atoms with Crippen LogP contribution >= 0.6 is 0 Å². The van der Waals surface area contributed by atoms with Crippen LogP contribution in [0.3, 0.4) is 0 Å². The monoisotopic (exact) mass is 262 g/mol. The van der Waals surface area contributed by atoms with Gasteiger partial charge < -0.3 is 20.1 Å². The normalized spacial score (nSPS) is 17.6. The van der Waals surface area contributed by atoms with Crippen LogP contribution in [0.1, 0.15) is 26.7 Å². The molecule has 3 rings (SSSR count). The number of rotatable bonds is 4. The van der Waals surface area contributed by atoms with Crippen LogP contribution in [0.2, 0.25) is 0 Å². The highest BCUT2D eigenvalue weighted by molar-refractivity contribution is 5.73. The summed E-state index contributed by atoms with van der Waals surface area (Å²) >= 11 is 0. The Bertz CT molecular complexity index is 469. The molecule has 1 fully saturated rings. The molecule has 0 amide bonds. The second-order valence-corrected chi connectivity index (χ2v) is 5.74. The van der Waals surface area contributed by atoms with Gasteiger partial charge in [-0.1, -0.05) is 0 Å². The van der Waals surface area contributed by atoms with Crippen molar-refractivity contribution in [1.29, 1.82) is 0 Å². The summed E-state index contributed by atoms with van der Waals surface area (Å²) in [6.07, 6.45) is 2.68. The highest BCUT2D eigenvalue weighted by Gasteiger charge is 2.27. The van der Waals surface area contributed by atoms with Gasteiger partial charge in [0.1, 0.15) is 13.2 Å². The Hall–Kier alpha value is -1.58. The van der Waals surface area contributed by atoms with Gasteiger partial charge in [0.15, 0.2) is 11.5 Å². The Morgan fingerprint density at radius 2 is 1.84 bits per heavy atom. The van der Waals surface area contributed by atoms with Crippen molar-refractivity contribution in [3.05, 3.63) is 12.1 Å². The number of anilines is 2. The highest BCUT2D eigenvalue weighted by atomic mass is 16.6. The third kappa shape index (κ3) is 2.57. The molecule has 0 saturated heterocycles. The molecule has 0 radical (unpaired) electrons. The van der Waals surface area contributed by atoms with E-state index in [0.29, 0.717) is 19.3 Å². The van der Waals surface area contributed by atoms with E-state index < -0.39 is 0 Å². The number of nitrogen functional groups attached to an aromatic ring is 1. The topological polar surface area (TPSA) is 47.7 Å². The summed E-state index contributed by atoms with van der Waals surface area (Å²) in [5.74, 6) is 2.41. The summed E-state index contributed by atoms with van der Waals surface area (Å²) in [7, 11) is 0. The van der Waals surface area contributed by atoms with Gasteiger partial charge in [-0.05, 0) is 32.6 Å². The number of hydrogen-bond acceptors (Lipinski definition) is 4. The van der Waals surface area contributed by atoms with Crippen LogP contribution in [0.15, 0.2) is 12.1 Å². The summed E-state index contributed by atoms with van der Waals surface area (Å²) < 4.78 is 11.2. The number of fused-ring (bicyclic) bond motifs is 1. The number of ether oxygens (including phenoxy) is 2. The molecular formula is C15H22N2O2. The molecular weight excluding hydrogens is 240 g/mol. The Morgan fingerprint density at radius 1 is 1.21 bits per heavy atom. The Morgan fingerprint density at radius 3 is 2.42 bits per heavy atom. The molecule has 1 aliphatic heterocycles. The van der Waals surface area contributed by atoms with Crippen LogP contribution in [-0.4, -0.2) is 25.8 Å². The van der Waals surface area contributed by atoms with Gasteiger partial charge in [-0.15, -0.1) is 0 Å². The third-order valence-corrected chi connectivity index (χ3v) is 3.78. The second-order valence-electron chi connectivity index (χ2n) is 5.74. The molecule has 4 nitrogen and oxygen atoms in total. The average molecular weight is 262 g/mol. The maximum atomic E-state index is 6.20. The second kappa shape index (κ2) is 4.83. The summed E-state index contributed by atoms with van der Waals surface area (Å²) in [6.45, 7) is 6.71. The summed E-state index contributed by atoms with van der Waals surface area (Å²) in [6, 6.07) is 4.36. The predicted octanol–water partition coefficient (Wildman–Crippen LogP) is 2.66. The van der Waals surface area contributed by atoms with Gasteiger partial charge >= 0.3 is 0 Å². The molecule has 1 aromatic carbocycles. The zero-order chi connectivity index (χ0) is 13.4. The first kappa shape index (κ1) is 12.5. The molecule has 0 unspecified atom stereocenters. The minimum Gasteiger partial charge on any atom is -0.486 e. The lowest BCUT2D eigenvalue weighted by Gasteiger charge is -2.31. The van der Waals surface area contributed by atoms with Crippen molar-refractivity contribution in [2.75, 3.05) is 30.4 Å². The maximum absolute atomic E-state index is 6.20. The fourth-order valence-corrected chi connectivity index (χ4v) is 2.51. The SMILES string of the molecule is CC(C)N(CC1CC1)c1cc2c(cc1N)OCCO2. The van der Waals surface area contributed by atoms with E-state index in [0.717, 1.165) is 35.3 Å². The summed E-state index contributed by atoms with van der Waals surface area (Å²) in [5.41, 5.74) is 8.05. The molecule has 1 aromatic rings. The molecule has 2 N–H and O–H groups in total. The molecule has 0 atom stereocenters. The first-order chi connectivity index (χ1) is 9.15. The van der Waals surface area contributed by atoms with Gasteiger partial charge in [0.25, 0.3) is 0 Å². The maximum Gasteiger partial charge on any atom is 0.163 e. The van der Waals surface area contributed by atoms with Crippen molar-refractivity contribution in [3.63, 3.8) is 0 Å². The molecule has 2 aliphatic rings. The fourth-order valence-electron chi connectivity index (χ4n) is 2.51. The van der Waals surface area contributed by atoms with Gasteiger partial charge in [-0.2, -0.15) is 0 Å². The summed E-state index contributed by atoms with van der Waals surface area (Å²) in [4.78, 5) is 2.38. The zero-order valence-electron chi connectivity index (χ0n) is 11.7. The van der Waals surface area contributed by atoms with Crippen molar-refractivity contribution in [1.82, 2.24) is 0 Å². The Kier molecular flexibility index (Phi) is 3.17. The Balaban J connectivity index is 1.92. The van der Waals surface area contributed by atoms with Gasteiger partial charge in [0, 0.05) is 24.7 Å². The lowest BCUT2D eigenvalue weighted by Crippen LogP contribution is -2.33. The van der Waals surface area contributed by atoms with Gasteiger partial charge in [0.2, 0.25) is 0 Å². The lowest BCUT2D eigenvalue weighted by molar-refractivity contribution is 0.172. The average Bonchev–Trinajstić information content (AvgIpc) is 3.19. The van der Waals surface area contributed by atoms with Gasteiger partial charge in [0.05, 0.1) is 11.4 Å². The Labute approximate surface area is 114 Å². The van der Waals surface area contributed by atoms with Crippen LogP contribution in [-0.2, 0) is 0 Å². The van der Waals surface area contributed by atoms with Crippen LogP contribution in [0.4, 0.5) is 11.4 Å². The van der Waals surface area contributed by atoms with E-state index in [-0.39, 0.29) is 0 Å². The van der Waals surface area contributed by atoms with Crippen LogP contribution in [0.5, 0.6) is 11.5 Å². The van der Waals surface area contributed by atoms with Crippen molar-refractivity contribution in [2.24, 2.45) is 5.92 Å². The molecule has 0 bridgehead atoms. The van der Waals surface area contributed by atoms with E-state index >= 15 is 0 Å². The first-order valence-electron chi connectivity index (χ1n) is 7.11. The third-order valence-electron chi connectivity index (χ3n) is 3.78. The lowest BCUT2D eigenvalue weighted by atomic mass is 10.1. The standard InChI is InChI=1S/C15H22N2O2/c1-10(2)17(9-11-3-4-11)13-8-15-14(7-12(13)16)18-5-6-19-15/h7-8,10-11H,3-6,9,16H2,1-2H3. The van der Waals surface area contributed by atoms with Crippen molar-refractivity contribution < 1.29 is 9.47 Å². The van der Waals surface area contributed by atoms with Crippen molar-refractivity contribution >= 4 is 11.4 Å². The van der Waals surface area contributed by atoms with E-state index in [1.54, 1.807) is 0 Å². The number of nitrogens with two attached hydrogens (primary N) is 1.